The second-order valence-corrected chi connectivity index (χ2v) is 6.90. The quantitative estimate of drug-likeness (QED) is 0.399. The van der Waals surface area contributed by atoms with E-state index in [4.69, 9.17) is 25.1 Å². The molecule has 0 aliphatic carbocycles. The Bertz CT molecular complexity index is 788. The smallest absolute Gasteiger partial charge is 0.290 e. The van der Waals surface area contributed by atoms with Crippen LogP contribution in [0.15, 0.2) is 18.3 Å². The Balaban J connectivity index is 0.00000101. The van der Waals surface area contributed by atoms with E-state index in [1.54, 1.807) is 18.1 Å². The van der Waals surface area contributed by atoms with Crippen LogP contribution in [0.1, 0.15) is 33.7 Å². The Labute approximate surface area is 173 Å². The molecule has 1 aromatic rings. The molecule has 2 atom stereocenters. The molecule has 3 amide bonds. The Hall–Kier alpha value is -3.05. The number of pyridine rings is 1. The van der Waals surface area contributed by atoms with Gasteiger partial charge in [-0.2, -0.15) is 0 Å². The predicted molar refractivity (Wildman–Crippen MR) is 104 cm³/mol. The lowest BCUT2D eigenvalue weighted by Crippen LogP contribution is -2.58. The zero-order valence-corrected chi connectivity index (χ0v) is 16.7. The summed E-state index contributed by atoms with van der Waals surface area (Å²) in [5.41, 5.74) is 4.63. The van der Waals surface area contributed by atoms with Gasteiger partial charge in [-0.15, -0.1) is 0 Å². The third-order valence-corrected chi connectivity index (χ3v) is 5.22. The second kappa shape index (κ2) is 10.6. The fourth-order valence-electron chi connectivity index (χ4n) is 3.83. The Morgan fingerprint density at radius 3 is 2.90 bits per heavy atom. The van der Waals surface area contributed by atoms with Crippen LogP contribution in [0.4, 0.5) is 0 Å². The van der Waals surface area contributed by atoms with E-state index in [1.807, 2.05) is 0 Å². The first-order chi connectivity index (χ1) is 14.4. The molecular weight excluding hydrogens is 396 g/mol. The van der Waals surface area contributed by atoms with Crippen molar-refractivity contribution in [3.63, 3.8) is 0 Å². The summed E-state index contributed by atoms with van der Waals surface area (Å²) in [4.78, 5) is 51.4. The van der Waals surface area contributed by atoms with Gasteiger partial charge in [0.1, 0.15) is 5.69 Å². The molecule has 11 nitrogen and oxygen atoms in total. The molecule has 4 N–H and O–H groups in total. The maximum Gasteiger partial charge on any atom is 0.290 e. The Morgan fingerprint density at radius 1 is 1.50 bits per heavy atom. The van der Waals surface area contributed by atoms with Crippen LogP contribution in [-0.2, 0) is 19.1 Å². The van der Waals surface area contributed by atoms with E-state index in [9.17, 15) is 14.4 Å². The lowest BCUT2D eigenvalue weighted by Gasteiger charge is -2.42. The SMILES string of the molecule is COCCNC(=O)[C@@]12CCO[C@@H]1CCN(C(=O)c1cccnc1C(N)=O)C2.O=CO. The number of hydrogen-bond donors (Lipinski definition) is 3. The molecule has 3 rings (SSSR count). The number of carbonyl (C=O) groups excluding carboxylic acids is 3. The number of rotatable bonds is 6. The monoisotopic (exact) mass is 422 g/mol. The summed E-state index contributed by atoms with van der Waals surface area (Å²) in [6.45, 7) is 1.69. The Kier molecular flexibility index (Phi) is 8.25. The molecule has 2 saturated heterocycles. The van der Waals surface area contributed by atoms with Gasteiger partial charge in [0.25, 0.3) is 18.3 Å². The van der Waals surface area contributed by atoms with E-state index in [0.717, 1.165) is 0 Å². The zero-order chi connectivity index (χ0) is 22.1. The molecule has 164 valence electrons. The van der Waals surface area contributed by atoms with Gasteiger partial charge in [0.15, 0.2) is 0 Å². The number of nitrogens with two attached hydrogens (primary N) is 1. The number of amides is 3. The first-order valence-electron chi connectivity index (χ1n) is 9.42. The summed E-state index contributed by atoms with van der Waals surface area (Å²) in [6.07, 6.45) is 2.28. The predicted octanol–water partition coefficient (Wildman–Crippen LogP) is -0.735. The number of likely N-dealkylation sites (tertiary alicyclic amines) is 1. The number of fused-ring (bicyclic) bond motifs is 1. The van der Waals surface area contributed by atoms with Crippen molar-refractivity contribution in [3.05, 3.63) is 29.6 Å². The number of hydrogen-bond acceptors (Lipinski definition) is 7. The van der Waals surface area contributed by atoms with E-state index in [1.165, 1.54) is 12.3 Å². The molecule has 3 heterocycles. The lowest BCUT2D eigenvalue weighted by atomic mass is 9.75. The van der Waals surface area contributed by atoms with Crippen LogP contribution in [0.3, 0.4) is 0 Å². The maximum absolute atomic E-state index is 13.0. The molecule has 11 heteroatoms. The van der Waals surface area contributed by atoms with Gasteiger partial charge in [0.2, 0.25) is 5.91 Å². The third kappa shape index (κ3) is 4.92. The average Bonchev–Trinajstić information content (AvgIpc) is 3.18. The summed E-state index contributed by atoms with van der Waals surface area (Å²) < 4.78 is 10.7. The number of piperidine rings is 1. The van der Waals surface area contributed by atoms with Crippen molar-refractivity contribution in [3.8, 4) is 0 Å². The van der Waals surface area contributed by atoms with Crippen molar-refractivity contribution in [2.24, 2.45) is 11.1 Å². The molecule has 30 heavy (non-hydrogen) atoms. The number of methoxy groups -OCH3 is 1. The zero-order valence-electron chi connectivity index (χ0n) is 16.7. The molecule has 0 saturated carbocycles. The van der Waals surface area contributed by atoms with Crippen LogP contribution in [-0.4, -0.2) is 85.2 Å². The highest BCUT2D eigenvalue weighted by Gasteiger charge is 2.54. The molecular formula is C19H26N4O7. The van der Waals surface area contributed by atoms with E-state index in [-0.39, 0.29) is 42.2 Å². The van der Waals surface area contributed by atoms with Crippen LogP contribution in [0.2, 0.25) is 0 Å². The summed E-state index contributed by atoms with van der Waals surface area (Å²) >= 11 is 0. The molecule has 2 aliphatic rings. The third-order valence-electron chi connectivity index (χ3n) is 5.22. The van der Waals surface area contributed by atoms with Crippen LogP contribution in [0.5, 0.6) is 0 Å². The van der Waals surface area contributed by atoms with Crippen molar-refractivity contribution in [2.45, 2.75) is 18.9 Å². The van der Waals surface area contributed by atoms with Crippen LogP contribution in [0.25, 0.3) is 0 Å². The molecule has 2 fully saturated rings. The minimum absolute atomic E-state index is 0.0640. The van der Waals surface area contributed by atoms with Crippen molar-refractivity contribution in [1.29, 1.82) is 0 Å². The first-order valence-corrected chi connectivity index (χ1v) is 9.42. The summed E-state index contributed by atoms with van der Waals surface area (Å²) in [5, 5.41) is 9.76. The number of aromatic nitrogens is 1. The lowest BCUT2D eigenvalue weighted by molar-refractivity contribution is -0.138. The Morgan fingerprint density at radius 2 is 2.23 bits per heavy atom. The normalized spacial score (nSPS) is 22.3. The van der Waals surface area contributed by atoms with Gasteiger partial charge in [0.05, 0.1) is 23.7 Å². The van der Waals surface area contributed by atoms with Crippen molar-refractivity contribution >= 4 is 24.2 Å². The topological polar surface area (TPSA) is 161 Å². The van der Waals surface area contributed by atoms with Gasteiger partial charge in [-0.05, 0) is 25.0 Å². The molecule has 0 spiro atoms. The van der Waals surface area contributed by atoms with Gasteiger partial charge in [0, 0.05) is 39.5 Å². The molecule has 0 aromatic carbocycles. The van der Waals surface area contributed by atoms with Gasteiger partial charge >= 0.3 is 0 Å². The highest BCUT2D eigenvalue weighted by Crippen LogP contribution is 2.41. The molecule has 0 unspecified atom stereocenters. The number of carboxylic acid groups (broad SMARTS) is 1. The minimum atomic E-state index is -0.795. The van der Waals surface area contributed by atoms with Crippen molar-refractivity contribution in [1.82, 2.24) is 15.2 Å². The van der Waals surface area contributed by atoms with E-state index in [0.29, 0.717) is 39.1 Å². The molecule has 2 aliphatic heterocycles. The summed E-state index contributed by atoms with van der Waals surface area (Å²) in [7, 11) is 1.57. The van der Waals surface area contributed by atoms with Crippen molar-refractivity contribution < 1.29 is 33.8 Å². The van der Waals surface area contributed by atoms with Crippen LogP contribution >= 0.6 is 0 Å². The average molecular weight is 422 g/mol. The maximum atomic E-state index is 13.0. The molecule has 0 radical (unpaired) electrons. The van der Waals surface area contributed by atoms with E-state index < -0.39 is 11.3 Å². The van der Waals surface area contributed by atoms with Crippen LogP contribution < -0.4 is 11.1 Å². The number of nitrogens with one attached hydrogen (secondary N) is 1. The number of carbonyl (C=O) groups is 4. The van der Waals surface area contributed by atoms with Crippen molar-refractivity contribution in [2.75, 3.05) is 40.0 Å². The van der Waals surface area contributed by atoms with Gasteiger partial charge in [-0.3, -0.25) is 24.2 Å². The summed E-state index contributed by atoms with van der Waals surface area (Å²) in [6, 6.07) is 3.11. The van der Waals surface area contributed by atoms with Gasteiger partial charge < -0.3 is 30.5 Å². The highest BCUT2D eigenvalue weighted by molar-refractivity contribution is 6.05. The van der Waals surface area contributed by atoms with Gasteiger partial charge in [-0.25, -0.2) is 0 Å². The number of primary amides is 1. The van der Waals surface area contributed by atoms with E-state index in [2.05, 4.69) is 10.3 Å². The minimum Gasteiger partial charge on any atom is -0.483 e. The number of ether oxygens (including phenoxy) is 2. The fraction of sp³-hybridized carbons (Fsp3) is 0.526. The first kappa shape index (κ1) is 23.2. The summed E-state index contributed by atoms with van der Waals surface area (Å²) in [5.74, 6) is -1.25. The highest BCUT2D eigenvalue weighted by atomic mass is 16.5. The molecule has 1 aromatic heterocycles. The van der Waals surface area contributed by atoms with E-state index >= 15 is 0 Å². The second-order valence-electron chi connectivity index (χ2n) is 6.90. The van der Waals surface area contributed by atoms with Gasteiger partial charge in [-0.1, -0.05) is 0 Å². The number of nitrogens with zero attached hydrogens (tertiary/aromatic N) is 2. The standard InChI is InChI=1S/C18H24N4O5.CH2O2/c1-26-10-7-21-17(25)18-5-9-27-13(18)4-8-22(11-18)16(24)12-3-2-6-20-14(12)15(19)23;2-1-3/h2-3,6,13H,4-5,7-11H2,1H3,(H2,19,23)(H,21,25);1H,(H,2,3)/t13-,18-;/m1./s1. The largest absolute Gasteiger partial charge is 0.483 e. The molecule has 0 bridgehead atoms. The van der Waals surface area contributed by atoms with Crippen LogP contribution in [0, 0.1) is 5.41 Å². The fourth-order valence-corrected chi connectivity index (χ4v) is 3.83.